The van der Waals surface area contributed by atoms with Crippen LogP contribution in [0, 0.1) is 0 Å². The van der Waals surface area contributed by atoms with Crippen LogP contribution < -0.4 is 5.32 Å². The van der Waals surface area contributed by atoms with E-state index < -0.39 is 8.80 Å². The molecule has 0 rings (SSSR count). The molecular weight excluding hydrogens is 174 g/mol. The molecule has 13 heavy (non-hydrogen) atoms. The van der Waals surface area contributed by atoms with Crippen molar-refractivity contribution in [3.8, 4) is 0 Å². The van der Waals surface area contributed by atoms with Crippen LogP contribution in [0.2, 0.25) is 12.1 Å². The number of hydrogen-bond acceptors (Lipinski definition) is 1. The lowest BCUT2D eigenvalue weighted by atomic mass is 10.1. The molecule has 1 nitrogen and oxygen atoms in total. The molecule has 1 N–H and O–H groups in total. The molecule has 76 valence electrons. The first-order valence-corrected chi connectivity index (χ1v) is 7.41. The summed E-state index contributed by atoms with van der Waals surface area (Å²) in [5.41, 5.74) is 0.244. The summed E-state index contributed by atoms with van der Waals surface area (Å²) in [7, 11) is -0.681. The van der Waals surface area contributed by atoms with Crippen LogP contribution in [0.3, 0.4) is 0 Å². The number of allylic oxidation sites excluding steroid dienone is 2. The second kappa shape index (κ2) is 6.16. The molecule has 0 radical (unpaired) electrons. The molecule has 0 aliphatic carbocycles. The van der Waals surface area contributed by atoms with Crippen LogP contribution in [0.25, 0.3) is 0 Å². The Morgan fingerprint density at radius 1 is 1.15 bits per heavy atom. The Morgan fingerprint density at radius 2 is 1.62 bits per heavy atom. The topological polar surface area (TPSA) is 12.0 Å². The lowest BCUT2D eigenvalue weighted by Crippen LogP contribution is -2.42. The van der Waals surface area contributed by atoms with Gasteiger partial charge in [-0.25, -0.2) is 0 Å². The smallest absolute Gasteiger partial charge is 0.0601 e. The minimum absolute atomic E-state index is 0.244. The maximum atomic E-state index is 3.80. The summed E-state index contributed by atoms with van der Waals surface area (Å²) in [6.07, 6.45) is 5.27. The Labute approximate surface area is 84.5 Å². The largest absolute Gasteiger partial charge is 0.315 e. The standard InChI is InChI=1S/C11H23NSi/c1-6-8-13(9-7-2)10-12-11(3,4)5/h6-7,12-13H,1-2,8-10H2,3-5H3. The molecule has 0 aliphatic rings. The molecule has 0 bridgehead atoms. The summed E-state index contributed by atoms with van der Waals surface area (Å²) in [4.78, 5) is 0. The first-order chi connectivity index (χ1) is 5.99. The molecule has 0 saturated carbocycles. The highest BCUT2D eigenvalue weighted by atomic mass is 28.3. The number of nitrogens with one attached hydrogen (secondary N) is 1. The summed E-state index contributed by atoms with van der Waals surface area (Å²) in [5, 5.41) is 3.56. The van der Waals surface area contributed by atoms with Crippen molar-refractivity contribution in [1.29, 1.82) is 0 Å². The van der Waals surface area contributed by atoms with E-state index in [-0.39, 0.29) is 5.54 Å². The molecule has 0 heterocycles. The Bertz CT molecular complexity index is 148. The van der Waals surface area contributed by atoms with Gasteiger partial charge in [-0.15, -0.1) is 13.2 Å². The van der Waals surface area contributed by atoms with Gasteiger partial charge in [-0.3, -0.25) is 0 Å². The zero-order valence-electron chi connectivity index (χ0n) is 9.27. The van der Waals surface area contributed by atoms with Crippen molar-refractivity contribution >= 4 is 8.80 Å². The van der Waals surface area contributed by atoms with E-state index in [0.717, 1.165) is 0 Å². The van der Waals surface area contributed by atoms with Crippen LogP contribution in [-0.4, -0.2) is 20.5 Å². The zero-order chi connectivity index (χ0) is 10.3. The van der Waals surface area contributed by atoms with E-state index >= 15 is 0 Å². The van der Waals surface area contributed by atoms with Gasteiger partial charge in [0, 0.05) is 5.54 Å². The van der Waals surface area contributed by atoms with Gasteiger partial charge in [0.1, 0.15) is 0 Å². The van der Waals surface area contributed by atoms with Crippen molar-refractivity contribution in [2.24, 2.45) is 0 Å². The molecular formula is C11H23NSi. The molecule has 0 unspecified atom stereocenters. The van der Waals surface area contributed by atoms with Crippen LogP contribution in [-0.2, 0) is 0 Å². The van der Waals surface area contributed by atoms with Crippen molar-refractivity contribution in [2.75, 3.05) is 6.17 Å². The molecule has 2 heteroatoms. The van der Waals surface area contributed by atoms with E-state index in [1.165, 1.54) is 18.3 Å². The van der Waals surface area contributed by atoms with Crippen molar-refractivity contribution in [1.82, 2.24) is 5.32 Å². The van der Waals surface area contributed by atoms with Crippen LogP contribution in [0.15, 0.2) is 25.3 Å². The molecule has 0 fully saturated rings. The predicted molar refractivity (Wildman–Crippen MR) is 64.9 cm³/mol. The van der Waals surface area contributed by atoms with Crippen molar-refractivity contribution < 1.29 is 0 Å². The van der Waals surface area contributed by atoms with Gasteiger partial charge in [0.2, 0.25) is 0 Å². The molecule has 0 aliphatic heterocycles. The fourth-order valence-corrected chi connectivity index (χ4v) is 3.55. The lowest BCUT2D eigenvalue weighted by Gasteiger charge is -2.23. The van der Waals surface area contributed by atoms with E-state index in [2.05, 4.69) is 39.2 Å². The third-order valence-corrected chi connectivity index (χ3v) is 4.70. The summed E-state index contributed by atoms with van der Waals surface area (Å²) in [5.74, 6) is 0. The predicted octanol–water partition coefficient (Wildman–Crippen LogP) is 2.51. The van der Waals surface area contributed by atoms with E-state index in [1.807, 2.05) is 12.2 Å². The Balaban J connectivity index is 3.80. The van der Waals surface area contributed by atoms with Gasteiger partial charge in [0.15, 0.2) is 0 Å². The molecule has 0 saturated heterocycles. The van der Waals surface area contributed by atoms with E-state index in [0.29, 0.717) is 0 Å². The first-order valence-electron chi connectivity index (χ1n) is 4.96. The van der Waals surface area contributed by atoms with Gasteiger partial charge < -0.3 is 5.32 Å². The summed E-state index contributed by atoms with van der Waals surface area (Å²) >= 11 is 0. The maximum Gasteiger partial charge on any atom is 0.0601 e. The Morgan fingerprint density at radius 3 is 1.92 bits per heavy atom. The zero-order valence-corrected chi connectivity index (χ0v) is 10.4. The fraction of sp³-hybridized carbons (Fsp3) is 0.636. The number of hydrogen-bond donors (Lipinski definition) is 1. The van der Waals surface area contributed by atoms with Crippen LogP contribution in [0.4, 0.5) is 0 Å². The third kappa shape index (κ3) is 8.00. The minimum atomic E-state index is -0.681. The molecule has 0 aromatic carbocycles. The Hall–Kier alpha value is -0.343. The normalized spacial score (nSPS) is 11.7. The molecule has 0 atom stereocenters. The third-order valence-electron chi connectivity index (χ3n) is 1.92. The fourth-order valence-electron chi connectivity index (χ4n) is 1.18. The first kappa shape index (κ1) is 12.7. The van der Waals surface area contributed by atoms with Gasteiger partial charge in [-0.1, -0.05) is 12.2 Å². The SMILES string of the molecule is C=CC[SiH](CC=C)CNC(C)(C)C. The lowest BCUT2D eigenvalue weighted by molar-refractivity contribution is 0.456. The quantitative estimate of drug-likeness (QED) is 0.510. The van der Waals surface area contributed by atoms with Crippen molar-refractivity contribution in [3.05, 3.63) is 25.3 Å². The van der Waals surface area contributed by atoms with Crippen LogP contribution in [0.1, 0.15) is 20.8 Å². The van der Waals surface area contributed by atoms with Crippen LogP contribution >= 0.6 is 0 Å². The van der Waals surface area contributed by atoms with E-state index in [9.17, 15) is 0 Å². The molecule has 0 spiro atoms. The molecule has 0 aromatic heterocycles. The van der Waals surface area contributed by atoms with Gasteiger partial charge in [0.25, 0.3) is 0 Å². The summed E-state index contributed by atoms with van der Waals surface area (Å²) in [6, 6.07) is 2.41. The van der Waals surface area contributed by atoms with Gasteiger partial charge in [-0.2, -0.15) is 0 Å². The van der Waals surface area contributed by atoms with Crippen LogP contribution in [0.5, 0.6) is 0 Å². The van der Waals surface area contributed by atoms with E-state index in [1.54, 1.807) is 0 Å². The average molecular weight is 197 g/mol. The van der Waals surface area contributed by atoms with Crippen molar-refractivity contribution in [3.63, 3.8) is 0 Å². The molecule has 0 aromatic rings. The van der Waals surface area contributed by atoms with Gasteiger partial charge in [-0.05, 0) is 39.0 Å². The Kier molecular flexibility index (Phi) is 6.00. The second-order valence-corrected chi connectivity index (χ2v) is 7.63. The second-order valence-electron chi connectivity index (χ2n) is 4.55. The van der Waals surface area contributed by atoms with Gasteiger partial charge >= 0.3 is 0 Å². The highest BCUT2D eigenvalue weighted by Crippen LogP contribution is 2.04. The van der Waals surface area contributed by atoms with E-state index in [4.69, 9.17) is 0 Å². The highest BCUT2D eigenvalue weighted by molar-refractivity contribution is 6.60. The average Bonchev–Trinajstić information content (AvgIpc) is 2.00. The van der Waals surface area contributed by atoms with Gasteiger partial charge in [0.05, 0.1) is 8.80 Å². The van der Waals surface area contributed by atoms with Crippen molar-refractivity contribution in [2.45, 2.75) is 38.4 Å². The summed E-state index contributed by atoms with van der Waals surface area (Å²) < 4.78 is 0. The number of rotatable bonds is 6. The molecule has 0 amide bonds. The monoisotopic (exact) mass is 197 g/mol. The maximum absolute atomic E-state index is 3.80. The minimum Gasteiger partial charge on any atom is -0.315 e. The highest BCUT2D eigenvalue weighted by Gasteiger charge is 2.12. The summed E-state index contributed by atoms with van der Waals surface area (Å²) in [6.45, 7) is 14.2.